The Hall–Kier alpha value is -2.68. The molecule has 0 atom stereocenters. The van der Waals surface area contributed by atoms with E-state index < -0.39 is 0 Å². The van der Waals surface area contributed by atoms with Gasteiger partial charge in [0.1, 0.15) is 0 Å². The normalized spacial score (nSPS) is 13.9. The van der Waals surface area contributed by atoms with Crippen molar-refractivity contribution in [3.8, 4) is 0 Å². The second-order valence-electron chi connectivity index (χ2n) is 7.22. The third-order valence-electron chi connectivity index (χ3n) is 5.38. The number of amides is 1. The SMILES string of the molecule is Cn1cnc2c1c(=O)n(CCCCC(=O)N1CCc3sccc3C1)c(=O)n2C. The van der Waals surface area contributed by atoms with Crippen LogP contribution in [0.25, 0.3) is 11.2 Å². The number of unbranched alkanes of at least 4 members (excludes halogenated alkanes) is 1. The van der Waals surface area contributed by atoms with Crippen LogP contribution in [0.2, 0.25) is 0 Å². The van der Waals surface area contributed by atoms with Crippen molar-refractivity contribution < 1.29 is 4.79 Å². The predicted octanol–water partition coefficient (Wildman–Crippen LogP) is 1.25. The number of hydrogen-bond donors (Lipinski definition) is 0. The van der Waals surface area contributed by atoms with Gasteiger partial charge >= 0.3 is 5.69 Å². The molecular weight excluding hydrogens is 378 g/mol. The Morgan fingerprint density at radius 2 is 2.07 bits per heavy atom. The van der Waals surface area contributed by atoms with E-state index >= 15 is 0 Å². The second kappa shape index (κ2) is 7.38. The molecule has 4 rings (SSSR count). The van der Waals surface area contributed by atoms with E-state index in [1.807, 2.05) is 4.90 Å². The molecule has 9 heteroatoms. The summed E-state index contributed by atoms with van der Waals surface area (Å²) in [4.78, 5) is 45.1. The van der Waals surface area contributed by atoms with Gasteiger partial charge in [0.2, 0.25) is 5.91 Å². The first-order valence-electron chi connectivity index (χ1n) is 9.41. The number of fused-ring (bicyclic) bond motifs is 2. The molecule has 0 fully saturated rings. The molecule has 1 aliphatic rings. The minimum Gasteiger partial charge on any atom is -0.338 e. The van der Waals surface area contributed by atoms with E-state index in [9.17, 15) is 14.4 Å². The van der Waals surface area contributed by atoms with Gasteiger partial charge in [-0.25, -0.2) is 9.78 Å². The lowest BCUT2D eigenvalue weighted by Gasteiger charge is -2.27. The van der Waals surface area contributed by atoms with E-state index in [2.05, 4.69) is 16.4 Å². The van der Waals surface area contributed by atoms with E-state index in [0.717, 1.165) is 13.0 Å². The average molecular weight is 401 g/mol. The van der Waals surface area contributed by atoms with Gasteiger partial charge in [-0.1, -0.05) is 0 Å². The van der Waals surface area contributed by atoms with Crippen LogP contribution in [-0.2, 0) is 38.4 Å². The topological polar surface area (TPSA) is 82.1 Å². The van der Waals surface area contributed by atoms with Crippen molar-refractivity contribution >= 4 is 28.4 Å². The van der Waals surface area contributed by atoms with Crippen LogP contribution < -0.4 is 11.2 Å². The first-order chi connectivity index (χ1) is 13.5. The number of aryl methyl sites for hydroxylation is 2. The Kier molecular flexibility index (Phi) is 4.92. The van der Waals surface area contributed by atoms with Gasteiger partial charge in [0.15, 0.2) is 11.2 Å². The molecule has 0 radical (unpaired) electrons. The molecule has 0 spiro atoms. The molecule has 0 aliphatic carbocycles. The highest BCUT2D eigenvalue weighted by Crippen LogP contribution is 2.24. The van der Waals surface area contributed by atoms with Crippen LogP contribution >= 0.6 is 11.3 Å². The van der Waals surface area contributed by atoms with Gasteiger partial charge in [-0.05, 0) is 36.3 Å². The average Bonchev–Trinajstić information content (AvgIpc) is 3.31. The van der Waals surface area contributed by atoms with E-state index in [0.29, 0.717) is 43.5 Å². The fourth-order valence-electron chi connectivity index (χ4n) is 3.76. The summed E-state index contributed by atoms with van der Waals surface area (Å²) in [5.41, 5.74) is 1.36. The molecule has 4 heterocycles. The lowest BCUT2D eigenvalue weighted by atomic mass is 10.1. The van der Waals surface area contributed by atoms with Gasteiger partial charge < -0.3 is 9.47 Å². The zero-order chi connectivity index (χ0) is 19.8. The zero-order valence-electron chi connectivity index (χ0n) is 16.1. The van der Waals surface area contributed by atoms with Crippen LogP contribution in [0.4, 0.5) is 0 Å². The highest BCUT2D eigenvalue weighted by molar-refractivity contribution is 7.10. The van der Waals surface area contributed by atoms with Gasteiger partial charge in [-0.15, -0.1) is 11.3 Å². The third kappa shape index (κ3) is 3.19. The standard InChI is InChI=1S/C19H23N5O3S/c1-21-12-20-17-16(21)18(26)24(19(27)22(17)2)8-4-3-5-15(25)23-9-6-14-13(11-23)7-10-28-14/h7,10,12H,3-6,8-9,11H2,1-2H3. The second-order valence-corrected chi connectivity index (χ2v) is 8.22. The Balaban J connectivity index is 1.38. The van der Waals surface area contributed by atoms with Gasteiger partial charge in [-0.3, -0.25) is 18.7 Å². The van der Waals surface area contributed by atoms with E-state index in [4.69, 9.17) is 0 Å². The lowest BCUT2D eigenvalue weighted by molar-refractivity contribution is -0.132. The van der Waals surface area contributed by atoms with Gasteiger partial charge in [-0.2, -0.15) is 0 Å². The van der Waals surface area contributed by atoms with Gasteiger partial charge in [0.25, 0.3) is 5.56 Å². The number of nitrogens with zero attached hydrogens (tertiary/aromatic N) is 5. The highest BCUT2D eigenvalue weighted by atomic mass is 32.1. The molecule has 0 bridgehead atoms. The van der Waals surface area contributed by atoms with E-state index in [1.165, 1.54) is 25.9 Å². The summed E-state index contributed by atoms with van der Waals surface area (Å²) >= 11 is 1.76. The summed E-state index contributed by atoms with van der Waals surface area (Å²) < 4.78 is 4.27. The van der Waals surface area contributed by atoms with Crippen LogP contribution in [-0.4, -0.2) is 36.0 Å². The summed E-state index contributed by atoms with van der Waals surface area (Å²) in [7, 11) is 3.36. The molecule has 1 aliphatic heterocycles. The fourth-order valence-corrected chi connectivity index (χ4v) is 4.65. The van der Waals surface area contributed by atoms with Crippen LogP contribution in [0.5, 0.6) is 0 Å². The number of aromatic nitrogens is 4. The van der Waals surface area contributed by atoms with Crippen molar-refractivity contribution in [1.29, 1.82) is 0 Å². The molecule has 1 amide bonds. The molecule has 0 saturated carbocycles. The Morgan fingerprint density at radius 3 is 2.89 bits per heavy atom. The Morgan fingerprint density at radius 1 is 1.25 bits per heavy atom. The van der Waals surface area contributed by atoms with Crippen molar-refractivity contribution in [1.82, 2.24) is 23.6 Å². The summed E-state index contributed by atoms with van der Waals surface area (Å²) in [6, 6.07) is 2.09. The monoisotopic (exact) mass is 401 g/mol. The number of imidazole rings is 1. The number of thiophene rings is 1. The van der Waals surface area contributed by atoms with Crippen LogP contribution in [0.3, 0.4) is 0 Å². The van der Waals surface area contributed by atoms with Gasteiger partial charge in [0.05, 0.1) is 6.33 Å². The fraction of sp³-hybridized carbons (Fsp3) is 0.474. The largest absolute Gasteiger partial charge is 0.338 e. The predicted molar refractivity (Wildman–Crippen MR) is 108 cm³/mol. The Bertz CT molecular complexity index is 1150. The van der Waals surface area contributed by atoms with Crippen LogP contribution in [0.15, 0.2) is 27.4 Å². The number of rotatable bonds is 5. The summed E-state index contributed by atoms with van der Waals surface area (Å²) in [6.45, 7) is 1.76. The van der Waals surface area contributed by atoms with Crippen molar-refractivity contribution in [3.05, 3.63) is 49.1 Å². The minimum atomic E-state index is -0.372. The maximum absolute atomic E-state index is 12.7. The third-order valence-corrected chi connectivity index (χ3v) is 6.41. The zero-order valence-corrected chi connectivity index (χ0v) is 16.9. The molecule has 0 unspecified atom stereocenters. The van der Waals surface area contributed by atoms with Gasteiger partial charge in [0, 0.05) is 45.0 Å². The summed E-state index contributed by atoms with van der Waals surface area (Å²) in [5, 5.41) is 2.08. The Labute approximate surface area is 165 Å². The molecule has 28 heavy (non-hydrogen) atoms. The first kappa shape index (κ1) is 18.7. The molecule has 148 valence electrons. The quantitative estimate of drug-likeness (QED) is 0.603. The highest BCUT2D eigenvalue weighted by Gasteiger charge is 2.21. The summed E-state index contributed by atoms with van der Waals surface area (Å²) in [5.74, 6) is 0.138. The smallest absolute Gasteiger partial charge is 0.332 e. The molecule has 8 nitrogen and oxygen atoms in total. The van der Waals surface area contributed by atoms with Crippen molar-refractivity contribution in [2.24, 2.45) is 14.1 Å². The van der Waals surface area contributed by atoms with Crippen molar-refractivity contribution in [3.63, 3.8) is 0 Å². The maximum Gasteiger partial charge on any atom is 0.332 e. The first-order valence-corrected chi connectivity index (χ1v) is 10.3. The van der Waals surface area contributed by atoms with E-state index in [1.54, 1.807) is 30.0 Å². The molecular formula is C19H23N5O3S. The molecule has 0 aromatic carbocycles. The summed E-state index contributed by atoms with van der Waals surface area (Å²) in [6.07, 6.45) is 4.13. The number of carbonyl (C=O) groups excluding carboxylic acids is 1. The van der Waals surface area contributed by atoms with E-state index in [-0.39, 0.29) is 17.2 Å². The number of carbonyl (C=O) groups is 1. The maximum atomic E-state index is 12.7. The molecule has 0 saturated heterocycles. The van der Waals surface area contributed by atoms with Crippen molar-refractivity contribution in [2.75, 3.05) is 6.54 Å². The van der Waals surface area contributed by atoms with Crippen LogP contribution in [0.1, 0.15) is 29.7 Å². The molecule has 3 aromatic heterocycles. The van der Waals surface area contributed by atoms with Crippen molar-refractivity contribution in [2.45, 2.75) is 38.8 Å². The minimum absolute atomic E-state index is 0.138. The molecule has 0 N–H and O–H groups in total. The lowest BCUT2D eigenvalue weighted by Crippen LogP contribution is -2.39. The number of hydrogen-bond acceptors (Lipinski definition) is 5. The van der Waals surface area contributed by atoms with Crippen LogP contribution in [0, 0.1) is 0 Å². The molecule has 3 aromatic rings.